The Hall–Kier alpha value is -1.86. The average molecular weight is 231 g/mol. The first kappa shape index (κ1) is 13.2. The molecule has 1 atom stereocenters. The highest BCUT2D eigenvalue weighted by molar-refractivity contribution is 5.78. The summed E-state index contributed by atoms with van der Waals surface area (Å²) in [5.74, 6) is -0.144. The van der Waals surface area contributed by atoms with Crippen LogP contribution in [0.2, 0.25) is 0 Å². The van der Waals surface area contributed by atoms with Crippen LogP contribution in [0.15, 0.2) is 24.3 Å². The summed E-state index contributed by atoms with van der Waals surface area (Å²) in [5.41, 5.74) is 7.01. The maximum absolute atomic E-state index is 11.8. The first-order valence-corrected chi connectivity index (χ1v) is 5.52. The minimum Gasteiger partial charge on any atom is -0.341 e. The highest BCUT2D eigenvalue weighted by Gasteiger charge is 2.15. The van der Waals surface area contributed by atoms with Crippen LogP contribution in [0, 0.1) is 17.2 Å². The fraction of sp³-hybridized carbons (Fsp3) is 0.385. The summed E-state index contributed by atoms with van der Waals surface area (Å²) in [6.07, 6.45) is 0. The Morgan fingerprint density at radius 1 is 1.59 bits per heavy atom. The van der Waals surface area contributed by atoms with E-state index in [1.54, 1.807) is 24.1 Å². The molecular formula is C13H17N3O. The van der Waals surface area contributed by atoms with Gasteiger partial charge in [-0.05, 0) is 17.7 Å². The molecule has 1 amide bonds. The van der Waals surface area contributed by atoms with Gasteiger partial charge >= 0.3 is 0 Å². The molecule has 0 spiro atoms. The molecule has 0 fully saturated rings. The van der Waals surface area contributed by atoms with Crippen LogP contribution in [0.25, 0.3) is 0 Å². The van der Waals surface area contributed by atoms with E-state index in [1.807, 2.05) is 19.1 Å². The number of nitriles is 1. The summed E-state index contributed by atoms with van der Waals surface area (Å²) >= 11 is 0. The molecular weight excluding hydrogens is 214 g/mol. The van der Waals surface area contributed by atoms with Gasteiger partial charge in [0.05, 0.1) is 11.6 Å². The highest BCUT2D eigenvalue weighted by atomic mass is 16.2. The number of carbonyl (C=O) groups excluding carboxylic acids is 1. The smallest absolute Gasteiger partial charge is 0.226 e. The molecule has 2 N–H and O–H groups in total. The summed E-state index contributed by atoms with van der Waals surface area (Å²) < 4.78 is 0. The summed E-state index contributed by atoms with van der Waals surface area (Å²) in [7, 11) is 1.74. The van der Waals surface area contributed by atoms with Gasteiger partial charge in [0, 0.05) is 26.1 Å². The molecule has 0 aromatic heterocycles. The van der Waals surface area contributed by atoms with E-state index >= 15 is 0 Å². The van der Waals surface area contributed by atoms with Crippen molar-refractivity contribution < 1.29 is 4.79 Å². The van der Waals surface area contributed by atoms with Crippen LogP contribution in [-0.4, -0.2) is 24.4 Å². The second-order valence-corrected chi connectivity index (χ2v) is 4.14. The molecule has 1 rings (SSSR count). The topological polar surface area (TPSA) is 70.1 Å². The Morgan fingerprint density at radius 2 is 2.29 bits per heavy atom. The van der Waals surface area contributed by atoms with Crippen LogP contribution >= 0.6 is 0 Å². The molecule has 1 aromatic carbocycles. The fourth-order valence-electron chi connectivity index (χ4n) is 1.57. The SMILES string of the molecule is CC(CN)C(=O)N(C)Cc1cccc(C#N)c1. The van der Waals surface area contributed by atoms with Gasteiger partial charge in [-0.2, -0.15) is 5.26 Å². The predicted molar refractivity (Wildman–Crippen MR) is 65.8 cm³/mol. The van der Waals surface area contributed by atoms with Crippen LogP contribution in [0.1, 0.15) is 18.1 Å². The minimum atomic E-state index is -0.167. The molecule has 1 aromatic rings. The van der Waals surface area contributed by atoms with Gasteiger partial charge in [-0.1, -0.05) is 19.1 Å². The van der Waals surface area contributed by atoms with Gasteiger partial charge in [0.2, 0.25) is 5.91 Å². The Morgan fingerprint density at radius 3 is 2.88 bits per heavy atom. The molecule has 0 aliphatic heterocycles. The molecule has 0 aliphatic carbocycles. The van der Waals surface area contributed by atoms with Crippen molar-refractivity contribution in [3.63, 3.8) is 0 Å². The van der Waals surface area contributed by atoms with Gasteiger partial charge in [-0.25, -0.2) is 0 Å². The molecule has 17 heavy (non-hydrogen) atoms. The van der Waals surface area contributed by atoms with Crippen LogP contribution in [0.5, 0.6) is 0 Å². The fourth-order valence-corrected chi connectivity index (χ4v) is 1.57. The zero-order valence-electron chi connectivity index (χ0n) is 10.2. The van der Waals surface area contributed by atoms with Gasteiger partial charge in [0.1, 0.15) is 0 Å². The zero-order chi connectivity index (χ0) is 12.8. The summed E-state index contributed by atoms with van der Waals surface area (Å²) in [4.78, 5) is 13.4. The maximum atomic E-state index is 11.8. The van der Waals surface area contributed by atoms with Crippen molar-refractivity contribution >= 4 is 5.91 Å². The third kappa shape index (κ3) is 3.58. The number of carbonyl (C=O) groups is 1. The van der Waals surface area contributed by atoms with Crippen molar-refractivity contribution in [2.75, 3.05) is 13.6 Å². The van der Waals surface area contributed by atoms with E-state index in [0.717, 1.165) is 5.56 Å². The lowest BCUT2D eigenvalue weighted by Crippen LogP contribution is -2.34. The number of nitrogens with zero attached hydrogens (tertiary/aromatic N) is 2. The molecule has 4 nitrogen and oxygen atoms in total. The lowest BCUT2D eigenvalue weighted by atomic mass is 10.1. The summed E-state index contributed by atoms with van der Waals surface area (Å²) in [5, 5.41) is 8.78. The first-order chi connectivity index (χ1) is 8.08. The van der Waals surface area contributed by atoms with Crippen molar-refractivity contribution in [1.29, 1.82) is 5.26 Å². The van der Waals surface area contributed by atoms with E-state index in [2.05, 4.69) is 6.07 Å². The van der Waals surface area contributed by atoms with Crippen molar-refractivity contribution in [3.05, 3.63) is 35.4 Å². The summed E-state index contributed by atoms with van der Waals surface area (Å²) in [6, 6.07) is 9.33. The average Bonchev–Trinajstić information content (AvgIpc) is 2.37. The Bertz CT molecular complexity index is 437. The van der Waals surface area contributed by atoms with Crippen LogP contribution < -0.4 is 5.73 Å². The largest absolute Gasteiger partial charge is 0.341 e. The van der Waals surface area contributed by atoms with E-state index in [-0.39, 0.29) is 11.8 Å². The van der Waals surface area contributed by atoms with Gasteiger partial charge in [0.15, 0.2) is 0 Å². The standard InChI is InChI=1S/C13H17N3O/c1-10(7-14)13(17)16(2)9-12-5-3-4-11(6-12)8-15/h3-6,10H,7,9,14H2,1-2H3. The van der Waals surface area contributed by atoms with Gasteiger partial charge in [-0.3, -0.25) is 4.79 Å². The molecule has 0 saturated carbocycles. The lowest BCUT2D eigenvalue weighted by Gasteiger charge is -2.20. The molecule has 0 saturated heterocycles. The third-order valence-corrected chi connectivity index (χ3v) is 2.63. The predicted octanol–water partition coefficient (Wildman–Crippen LogP) is 1.11. The van der Waals surface area contributed by atoms with Crippen molar-refractivity contribution in [3.8, 4) is 6.07 Å². The quantitative estimate of drug-likeness (QED) is 0.843. The number of rotatable bonds is 4. The van der Waals surface area contributed by atoms with Gasteiger partial charge in [0.25, 0.3) is 0 Å². The highest BCUT2D eigenvalue weighted by Crippen LogP contribution is 2.08. The lowest BCUT2D eigenvalue weighted by molar-refractivity contribution is -0.133. The minimum absolute atomic E-state index is 0.0230. The van der Waals surface area contributed by atoms with Crippen molar-refractivity contribution in [2.45, 2.75) is 13.5 Å². The Labute approximate surface area is 102 Å². The molecule has 90 valence electrons. The van der Waals surface area contributed by atoms with E-state index in [4.69, 9.17) is 11.0 Å². The first-order valence-electron chi connectivity index (χ1n) is 5.52. The second kappa shape index (κ2) is 6.02. The van der Waals surface area contributed by atoms with Crippen LogP contribution in [0.3, 0.4) is 0 Å². The molecule has 0 heterocycles. The zero-order valence-corrected chi connectivity index (χ0v) is 10.2. The molecule has 0 radical (unpaired) electrons. The molecule has 0 aliphatic rings. The third-order valence-electron chi connectivity index (χ3n) is 2.63. The Kier molecular flexibility index (Phi) is 4.68. The number of nitrogens with two attached hydrogens (primary N) is 1. The Balaban J connectivity index is 2.71. The maximum Gasteiger partial charge on any atom is 0.226 e. The van der Waals surface area contributed by atoms with E-state index in [9.17, 15) is 4.79 Å². The number of benzene rings is 1. The molecule has 0 bridgehead atoms. The normalized spacial score (nSPS) is 11.6. The number of amides is 1. The van der Waals surface area contributed by atoms with Crippen LogP contribution in [-0.2, 0) is 11.3 Å². The monoisotopic (exact) mass is 231 g/mol. The number of hydrogen-bond acceptors (Lipinski definition) is 3. The van der Waals surface area contributed by atoms with E-state index in [0.29, 0.717) is 18.7 Å². The summed E-state index contributed by atoms with van der Waals surface area (Å²) in [6.45, 7) is 2.66. The van der Waals surface area contributed by atoms with E-state index in [1.165, 1.54) is 0 Å². The molecule has 1 unspecified atom stereocenters. The van der Waals surface area contributed by atoms with Gasteiger partial charge < -0.3 is 10.6 Å². The van der Waals surface area contributed by atoms with E-state index < -0.39 is 0 Å². The molecule has 4 heteroatoms. The van der Waals surface area contributed by atoms with Crippen LogP contribution in [0.4, 0.5) is 0 Å². The number of hydrogen-bond donors (Lipinski definition) is 1. The second-order valence-electron chi connectivity index (χ2n) is 4.14. The van der Waals surface area contributed by atoms with Gasteiger partial charge in [-0.15, -0.1) is 0 Å². The van der Waals surface area contributed by atoms with Crippen molar-refractivity contribution in [2.24, 2.45) is 11.7 Å². The van der Waals surface area contributed by atoms with Crippen molar-refractivity contribution in [1.82, 2.24) is 4.90 Å².